The predicted molar refractivity (Wildman–Crippen MR) is 88.0 cm³/mol. The Bertz CT molecular complexity index is 782. The lowest BCUT2D eigenvalue weighted by Crippen LogP contribution is -2.39. The zero-order valence-electron chi connectivity index (χ0n) is 14.0. The number of carbonyl (C=O) groups is 1. The van der Waals surface area contributed by atoms with Crippen LogP contribution >= 0.6 is 0 Å². The van der Waals surface area contributed by atoms with E-state index in [9.17, 15) is 25.1 Å². The summed E-state index contributed by atoms with van der Waals surface area (Å²) in [6.45, 7) is 4.82. The standard InChI is InChI=1S/C15H20N4O6/c1-15(2,3)25-14(22)16-7-11(20)13(21)12-9-6-8(19(23)24)4-5-10(9)17-18-12/h4-6,11,13,20-21H,7H2,1-3H3,(H,16,22)(H,17,18). The van der Waals surface area contributed by atoms with Crippen molar-refractivity contribution in [3.63, 3.8) is 0 Å². The van der Waals surface area contributed by atoms with Crippen molar-refractivity contribution >= 4 is 22.7 Å². The lowest BCUT2D eigenvalue weighted by atomic mass is 10.1. The molecule has 1 heterocycles. The van der Waals surface area contributed by atoms with Crippen molar-refractivity contribution in [3.05, 3.63) is 34.0 Å². The van der Waals surface area contributed by atoms with Crippen LogP contribution in [0.3, 0.4) is 0 Å². The van der Waals surface area contributed by atoms with Gasteiger partial charge in [-0.3, -0.25) is 15.2 Å². The number of amides is 1. The normalized spacial score (nSPS) is 14.1. The van der Waals surface area contributed by atoms with Crippen molar-refractivity contribution in [3.8, 4) is 0 Å². The maximum absolute atomic E-state index is 11.6. The highest BCUT2D eigenvalue weighted by Crippen LogP contribution is 2.27. The molecule has 2 unspecified atom stereocenters. The van der Waals surface area contributed by atoms with E-state index < -0.39 is 28.8 Å². The molecule has 0 aliphatic heterocycles. The molecule has 10 nitrogen and oxygen atoms in total. The molecule has 25 heavy (non-hydrogen) atoms. The number of alkyl carbamates (subject to hydrolysis) is 1. The number of fused-ring (bicyclic) bond motifs is 1. The first-order valence-electron chi connectivity index (χ1n) is 7.54. The van der Waals surface area contributed by atoms with E-state index >= 15 is 0 Å². The molecule has 0 saturated heterocycles. The van der Waals surface area contributed by atoms with Crippen LogP contribution < -0.4 is 5.32 Å². The highest BCUT2D eigenvalue weighted by molar-refractivity contribution is 5.84. The topological polar surface area (TPSA) is 151 Å². The number of H-pyrrole nitrogens is 1. The number of nitrogens with zero attached hydrogens (tertiary/aromatic N) is 2. The van der Waals surface area contributed by atoms with Crippen LogP contribution in [-0.2, 0) is 4.74 Å². The number of aliphatic hydroxyl groups is 2. The largest absolute Gasteiger partial charge is 0.444 e. The molecule has 10 heteroatoms. The molecule has 0 radical (unpaired) electrons. The van der Waals surface area contributed by atoms with Gasteiger partial charge in [-0.2, -0.15) is 5.10 Å². The maximum Gasteiger partial charge on any atom is 0.407 e. The van der Waals surface area contributed by atoms with Gasteiger partial charge in [0.15, 0.2) is 0 Å². The molecule has 2 aromatic rings. The number of nitrogens with one attached hydrogen (secondary N) is 2. The van der Waals surface area contributed by atoms with Gasteiger partial charge in [-0.05, 0) is 26.8 Å². The smallest absolute Gasteiger partial charge is 0.407 e. The van der Waals surface area contributed by atoms with Crippen molar-refractivity contribution in [1.29, 1.82) is 0 Å². The summed E-state index contributed by atoms with van der Waals surface area (Å²) in [5, 5.41) is 40.4. The van der Waals surface area contributed by atoms with E-state index in [4.69, 9.17) is 4.74 Å². The number of aromatic amines is 1. The van der Waals surface area contributed by atoms with Crippen molar-refractivity contribution in [2.45, 2.75) is 38.6 Å². The summed E-state index contributed by atoms with van der Waals surface area (Å²) in [6, 6.07) is 3.98. The highest BCUT2D eigenvalue weighted by atomic mass is 16.6. The van der Waals surface area contributed by atoms with Gasteiger partial charge in [0.25, 0.3) is 5.69 Å². The summed E-state index contributed by atoms with van der Waals surface area (Å²) < 4.78 is 5.03. The zero-order valence-corrected chi connectivity index (χ0v) is 14.0. The lowest BCUT2D eigenvalue weighted by Gasteiger charge is -2.21. The third-order valence-electron chi connectivity index (χ3n) is 3.29. The summed E-state index contributed by atoms with van der Waals surface area (Å²) in [6.07, 6.45) is -3.53. The zero-order chi connectivity index (χ0) is 18.8. The molecule has 2 rings (SSSR count). The van der Waals surface area contributed by atoms with Crippen LogP contribution in [0.15, 0.2) is 18.2 Å². The predicted octanol–water partition coefficient (Wildman–Crippen LogP) is 1.39. The Balaban J connectivity index is 2.10. The monoisotopic (exact) mass is 352 g/mol. The van der Waals surface area contributed by atoms with E-state index in [1.807, 2.05) is 0 Å². The summed E-state index contributed by atoms with van der Waals surface area (Å²) in [7, 11) is 0. The van der Waals surface area contributed by atoms with Gasteiger partial charge in [-0.1, -0.05) is 0 Å². The third-order valence-corrected chi connectivity index (χ3v) is 3.29. The second-order valence-electron chi connectivity index (χ2n) is 6.49. The molecule has 136 valence electrons. The average molecular weight is 352 g/mol. The van der Waals surface area contributed by atoms with Crippen molar-refractivity contribution in [1.82, 2.24) is 15.5 Å². The Morgan fingerprint density at radius 3 is 2.72 bits per heavy atom. The molecule has 1 aromatic carbocycles. The Morgan fingerprint density at radius 2 is 2.12 bits per heavy atom. The van der Waals surface area contributed by atoms with E-state index in [2.05, 4.69) is 15.5 Å². The Morgan fingerprint density at radius 1 is 1.44 bits per heavy atom. The first-order chi connectivity index (χ1) is 11.6. The number of non-ortho nitro benzene ring substituents is 1. The molecule has 0 fully saturated rings. The van der Waals surface area contributed by atoms with E-state index in [1.54, 1.807) is 20.8 Å². The van der Waals surface area contributed by atoms with Crippen molar-refractivity contribution in [2.24, 2.45) is 0 Å². The summed E-state index contributed by atoms with van der Waals surface area (Å²) in [5.41, 5.74) is -0.320. The Labute approximate surface area is 142 Å². The van der Waals surface area contributed by atoms with E-state index in [-0.39, 0.29) is 17.9 Å². The van der Waals surface area contributed by atoms with Crippen LogP contribution in [0.5, 0.6) is 0 Å². The van der Waals surface area contributed by atoms with E-state index in [0.717, 1.165) is 0 Å². The van der Waals surface area contributed by atoms with Gasteiger partial charge in [0, 0.05) is 24.1 Å². The first-order valence-corrected chi connectivity index (χ1v) is 7.54. The van der Waals surface area contributed by atoms with Gasteiger partial charge in [-0.15, -0.1) is 0 Å². The molecular formula is C15H20N4O6. The lowest BCUT2D eigenvalue weighted by molar-refractivity contribution is -0.384. The molecular weight excluding hydrogens is 332 g/mol. The number of hydrogen-bond donors (Lipinski definition) is 4. The fourth-order valence-electron chi connectivity index (χ4n) is 2.16. The number of rotatable bonds is 5. The Hall–Kier alpha value is -2.72. The maximum atomic E-state index is 11.6. The number of ether oxygens (including phenoxy) is 1. The van der Waals surface area contributed by atoms with E-state index in [1.165, 1.54) is 18.2 Å². The van der Waals surface area contributed by atoms with Crippen LogP contribution in [-0.4, -0.2) is 49.7 Å². The number of hydrogen-bond acceptors (Lipinski definition) is 7. The fourth-order valence-corrected chi connectivity index (χ4v) is 2.16. The highest BCUT2D eigenvalue weighted by Gasteiger charge is 2.25. The van der Waals surface area contributed by atoms with Crippen LogP contribution in [0, 0.1) is 10.1 Å². The number of benzene rings is 1. The van der Waals surface area contributed by atoms with Crippen molar-refractivity contribution in [2.75, 3.05) is 6.54 Å². The Kier molecular flexibility index (Phi) is 5.24. The second kappa shape index (κ2) is 7.03. The third kappa shape index (κ3) is 4.64. The van der Waals surface area contributed by atoms with Gasteiger partial charge in [0.2, 0.25) is 0 Å². The molecule has 2 atom stereocenters. The van der Waals surface area contributed by atoms with Gasteiger partial charge in [0.1, 0.15) is 17.8 Å². The van der Waals surface area contributed by atoms with Gasteiger partial charge >= 0.3 is 6.09 Å². The van der Waals surface area contributed by atoms with Crippen LogP contribution in [0.1, 0.15) is 32.6 Å². The average Bonchev–Trinajstić information content (AvgIpc) is 2.93. The van der Waals surface area contributed by atoms with Gasteiger partial charge in [-0.25, -0.2) is 4.79 Å². The summed E-state index contributed by atoms with van der Waals surface area (Å²) in [4.78, 5) is 21.9. The molecule has 0 aliphatic rings. The number of nitro benzene ring substituents is 1. The van der Waals surface area contributed by atoms with Crippen LogP contribution in [0.2, 0.25) is 0 Å². The minimum atomic E-state index is -1.43. The molecule has 1 amide bonds. The molecule has 0 spiro atoms. The molecule has 0 bridgehead atoms. The molecule has 0 aliphatic carbocycles. The summed E-state index contributed by atoms with van der Waals surface area (Å²) in [5.74, 6) is 0. The minimum Gasteiger partial charge on any atom is -0.444 e. The SMILES string of the molecule is CC(C)(C)OC(=O)NCC(O)C(O)c1[nH]nc2ccc([N+](=O)[O-])cc12. The second-order valence-corrected chi connectivity index (χ2v) is 6.49. The van der Waals surface area contributed by atoms with Crippen LogP contribution in [0.25, 0.3) is 10.9 Å². The number of aromatic nitrogens is 2. The van der Waals surface area contributed by atoms with Crippen molar-refractivity contribution < 1.29 is 24.7 Å². The van der Waals surface area contributed by atoms with Gasteiger partial charge in [0.05, 0.1) is 16.1 Å². The number of carbonyl (C=O) groups excluding carboxylic acids is 1. The molecule has 1 aromatic heterocycles. The molecule has 0 saturated carbocycles. The quantitative estimate of drug-likeness (QED) is 0.469. The minimum absolute atomic E-state index is 0.122. The number of aliphatic hydroxyl groups excluding tert-OH is 2. The number of nitro groups is 1. The van der Waals surface area contributed by atoms with E-state index in [0.29, 0.717) is 10.9 Å². The van der Waals surface area contributed by atoms with Crippen LogP contribution in [0.4, 0.5) is 10.5 Å². The fraction of sp³-hybridized carbons (Fsp3) is 0.467. The van der Waals surface area contributed by atoms with Gasteiger partial charge < -0.3 is 20.3 Å². The summed E-state index contributed by atoms with van der Waals surface area (Å²) >= 11 is 0. The molecule has 4 N–H and O–H groups in total. The first kappa shape index (κ1) is 18.6.